The van der Waals surface area contributed by atoms with Gasteiger partial charge in [-0.25, -0.2) is 0 Å². The number of nitrogens with zero attached hydrogens (tertiary/aromatic N) is 3. The number of hydrogen-bond acceptors (Lipinski definition) is 4. The molecular weight excluding hydrogens is 322 g/mol. The van der Waals surface area contributed by atoms with Gasteiger partial charge in [0.1, 0.15) is 5.75 Å². The predicted molar refractivity (Wildman–Crippen MR) is 97.4 cm³/mol. The molecule has 1 aliphatic rings. The number of thioether (sulfide) groups is 1. The Balaban J connectivity index is 1.49. The van der Waals surface area contributed by atoms with Crippen LogP contribution in [0.3, 0.4) is 0 Å². The van der Waals surface area contributed by atoms with Crippen molar-refractivity contribution in [2.24, 2.45) is 0 Å². The summed E-state index contributed by atoms with van der Waals surface area (Å²) in [7, 11) is 1.66. The van der Waals surface area contributed by atoms with E-state index in [1.54, 1.807) is 7.11 Å². The summed E-state index contributed by atoms with van der Waals surface area (Å²) in [6, 6.07) is 7.95. The fourth-order valence-electron chi connectivity index (χ4n) is 2.78. The Hall–Kier alpha value is -1.95. The lowest BCUT2D eigenvalue weighted by Crippen LogP contribution is -2.37. The van der Waals surface area contributed by atoms with E-state index in [0.717, 1.165) is 54.4 Å². The van der Waals surface area contributed by atoms with Gasteiger partial charge in [-0.1, -0.05) is 12.1 Å². The molecule has 24 heavy (non-hydrogen) atoms. The minimum absolute atomic E-state index is 0.276. The maximum Gasteiger partial charge on any atom is 0.222 e. The number of ether oxygens (including phenoxy) is 1. The van der Waals surface area contributed by atoms with Crippen LogP contribution < -0.4 is 4.74 Å². The molecular formula is C18H23N3O2S. The fourth-order valence-corrected chi connectivity index (χ4v) is 3.68. The summed E-state index contributed by atoms with van der Waals surface area (Å²) in [5.74, 6) is 3.25. The Bertz CT molecular complexity index is 663. The van der Waals surface area contributed by atoms with Crippen LogP contribution in [-0.4, -0.2) is 52.3 Å². The summed E-state index contributed by atoms with van der Waals surface area (Å²) in [4.78, 5) is 14.1. The second-order valence-corrected chi connectivity index (χ2v) is 7.04. The first-order chi connectivity index (χ1) is 11.8. The number of carbonyl (C=O) groups is 1. The molecule has 1 fully saturated rings. The number of hydrogen-bond donors (Lipinski definition) is 0. The standard InChI is InChI=1S/C18H23N3O2S/c1-23-17-6-4-15(5-7-17)16-13-19-21(14-16)8-2-3-18(22)20-9-11-24-12-10-20/h4-7,13-14H,2-3,8-12H2,1H3. The number of aromatic nitrogens is 2. The van der Waals surface area contributed by atoms with Crippen LogP contribution in [0.25, 0.3) is 11.1 Å². The third-order valence-corrected chi connectivity index (χ3v) is 5.14. The quantitative estimate of drug-likeness (QED) is 0.808. The van der Waals surface area contributed by atoms with Crippen LogP contribution in [-0.2, 0) is 11.3 Å². The molecule has 6 heteroatoms. The lowest BCUT2D eigenvalue weighted by Gasteiger charge is -2.26. The van der Waals surface area contributed by atoms with Gasteiger partial charge in [0.2, 0.25) is 5.91 Å². The van der Waals surface area contributed by atoms with Crippen LogP contribution in [0.1, 0.15) is 12.8 Å². The van der Waals surface area contributed by atoms with Crippen molar-refractivity contribution in [2.45, 2.75) is 19.4 Å². The first kappa shape index (κ1) is 16.9. The van der Waals surface area contributed by atoms with E-state index in [9.17, 15) is 4.79 Å². The van der Waals surface area contributed by atoms with E-state index in [4.69, 9.17) is 4.74 Å². The molecule has 1 amide bonds. The molecule has 5 nitrogen and oxygen atoms in total. The van der Waals surface area contributed by atoms with E-state index in [1.165, 1.54) is 0 Å². The minimum Gasteiger partial charge on any atom is -0.497 e. The molecule has 0 bridgehead atoms. The fraction of sp³-hybridized carbons (Fsp3) is 0.444. The summed E-state index contributed by atoms with van der Waals surface area (Å²) >= 11 is 1.92. The van der Waals surface area contributed by atoms with Crippen LogP contribution >= 0.6 is 11.8 Å². The van der Waals surface area contributed by atoms with E-state index in [2.05, 4.69) is 5.10 Å². The maximum absolute atomic E-state index is 12.2. The van der Waals surface area contributed by atoms with Crippen molar-refractivity contribution >= 4 is 17.7 Å². The first-order valence-electron chi connectivity index (χ1n) is 8.28. The van der Waals surface area contributed by atoms with Gasteiger partial charge in [0, 0.05) is 49.3 Å². The van der Waals surface area contributed by atoms with Crippen molar-refractivity contribution in [2.75, 3.05) is 31.7 Å². The average molecular weight is 345 g/mol. The van der Waals surface area contributed by atoms with Crippen molar-refractivity contribution < 1.29 is 9.53 Å². The maximum atomic E-state index is 12.2. The van der Waals surface area contributed by atoms with Crippen molar-refractivity contribution in [1.82, 2.24) is 14.7 Å². The predicted octanol–water partition coefficient (Wildman–Crippen LogP) is 2.91. The molecule has 0 aliphatic carbocycles. The molecule has 1 aromatic carbocycles. The Morgan fingerprint density at radius 2 is 1.96 bits per heavy atom. The Kier molecular flexibility index (Phi) is 5.80. The number of carbonyl (C=O) groups excluding carboxylic acids is 1. The van der Waals surface area contributed by atoms with E-state index >= 15 is 0 Å². The van der Waals surface area contributed by atoms with Crippen molar-refractivity contribution in [3.63, 3.8) is 0 Å². The van der Waals surface area contributed by atoms with E-state index < -0.39 is 0 Å². The smallest absolute Gasteiger partial charge is 0.222 e. The SMILES string of the molecule is COc1ccc(-c2cnn(CCCC(=O)N3CCSCC3)c2)cc1. The van der Waals surface area contributed by atoms with Crippen LogP contribution in [0.5, 0.6) is 5.75 Å². The van der Waals surface area contributed by atoms with E-state index in [0.29, 0.717) is 6.42 Å². The zero-order valence-electron chi connectivity index (χ0n) is 14.0. The topological polar surface area (TPSA) is 47.4 Å². The largest absolute Gasteiger partial charge is 0.497 e. The highest BCUT2D eigenvalue weighted by molar-refractivity contribution is 7.99. The lowest BCUT2D eigenvalue weighted by molar-refractivity contribution is -0.130. The van der Waals surface area contributed by atoms with Crippen LogP contribution in [0, 0.1) is 0 Å². The molecule has 0 radical (unpaired) electrons. The molecule has 0 unspecified atom stereocenters. The van der Waals surface area contributed by atoms with Crippen molar-refractivity contribution in [1.29, 1.82) is 0 Å². The van der Waals surface area contributed by atoms with Crippen LogP contribution in [0.2, 0.25) is 0 Å². The van der Waals surface area contributed by atoms with E-state index in [1.807, 2.05) is 58.0 Å². The van der Waals surface area contributed by atoms with Crippen molar-refractivity contribution in [3.8, 4) is 16.9 Å². The first-order valence-corrected chi connectivity index (χ1v) is 9.44. The van der Waals surface area contributed by atoms with Crippen LogP contribution in [0.15, 0.2) is 36.7 Å². The van der Waals surface area contributed by atoms with Gasteiger partial charge in [-0.3, -0.25) is 9.48 Å². The highest BCUT2D eigenvalue weighted by Crippen LogP contribution is 2.21. The highest BCUT2D eigenvalue weighted by Gasteiger charge is 2.16. The molecule has 128 valence electrons. The van der Waals surface area contributed by atoms with Gasteiger partial charge < -0.3 is 9.64 Å². The third-order valence-electron chi connectivity index (χ3n) is 4.20. The van der Waals surface area contributed by atoms with Gasteiger partial charge in [-0.15, -0.1) is 0 Å². The number of benzene rings is 1. The zero-order valence-corrected chi connectivity index (χ0v) is 14.8. The van der Waals surface area contributed by atoms with Gasteiger partial charge >= 0.3 is 0 Å². The normalized spacial score (nSPS) is 14.6. The monoisotopic (exact) mass is 345 g/mol. The summed E-state index contributed by atoms with van der Waals surface area (Å²) in [6.07, 6.45) is 5.32. The van der Waals surface area contributed by atoms with E-state index in [-0.39, 0.29) is 5.91 Å². The third kappa shape index (κ3) is 4.32. The zero-order chi connectivity index (χ0) is 16.8. The molecule has 0 spiro atoms. The average Bonchev–Trinajstić information content (AvgIpc) is 3.11. The minimum atomic E-state index is 0.276. The Morgan fingerprint density at radius 1 is 1.21 bits per heavy atom. The molecule has 0 saturated carbocycles. The number of methoxy groups -OCH3 is 1. The molecule has 2 aromatic rings. The summed E-state index contributed by atoms with van der Waals surface area (Å²) in [5.41, 5.74) is 2.20. The lowest BCUT2D eigenvalue weighted by atomic mass is 10.1. The molecule has 3 rings (SSSR count). The summed E-state index contributed by atoms with van der Waals surface area (Å²) < 4.78 is 7.09. The molecule has 1 aliphatic heterocycles. The highest BCUT2D eigenvalue weighted by atomic mass is 32.2. The van der Waals surface area contributed by atoms with Gasteiger partial charge in [-0.2, -0.15) is 16.9 Å². The molecule has 0 N–H and O–H groups in total. The number of aryl methyl sites for hydroxylation is 1. The molecule has 0 atom stereocenters. The van der Waals surface area contributed by atoms with Gasteiger partial charge in [0.15, 0.2) is 0 Å². The Morgan fingerprint density at radius 3 is 2.67 bits per heavy atom. The Labute approximate surface area is 147 Å². The summed E-state index contributed by atoms with van der Waals surface area (Å²) in [6.45, 7) is 2.56. The van der Waals surface area contributed by atoms with Crippen molar-refractivity contribution in [3.05, 3.63) is 36.7 Å². The molecule has 1 saturated heterocycles. The van der Waals surface area contributed by atoms with Gasteiger partial charge in [0.05, 0.1) is 13.3 Å². The number of rotatable bonds is 6. The second kappa shape index (κ2) is 8.24. The summed E-state index contributed by atoms with van der Waals surface area (Å²) in [5, 5.41) is 4.40. The molecule has 1 aromatic heterocycles. The number of amides is 1. The van der Waals surface area contributed by atoms with Gasteiger partial charge in [0.25, 0.3) is 0 Å². The molecule has 2 heterocycles. The van der Waals surface area contributed by atoms with Gasteiger partial charge in [-0.05, 0) is 24.1 Å². The van der Waals surface area contributed by atoms with Crippen LogP contribution in [0.4, 0.5) is 0 Å². The second-order valence-electron chi connectivity index (χ2n) is 5.82.